The number of hydrogen-bond acceptors (Lipinski definition) is 4. The van der Waals surface area contributed by atoms with Gasteiger partial charge in [0.2, 0.25) is 11.8 Å². The number of nitrogens with one attached hydrogen (secondary N) is 1. The number of fused-ring (bicyclic) bond motifs is 1. The first kappa shape index (κ1) is 22.0. The van der Waals surface area contributed by atoms with Crippen LogP contribution < -0.4 is 5.32 Å². The summed E-state index contributed by atoms with van der Waals surface area (Å²) in [6.45, 7) is 3.91. The molecule has 0 bridgehead atoms. The highest BCUT2D eigenvalue weighted by Gasteiger charge is 2.48. The summed E-state index contributed by atoms with van der Waals surface area (Å²) in [5.74, 6) is -0.285. The smallest absolute Gasteiger partial charge is 0.250 e. The molecule has 0 spiro atoms. The zero-order chi connectivity index (χ0) is 22.7. The van der Waals surface area contributed by atoms with Gasteiger partial charge in [-0.15, -0.1) is 0 Å². The van der Waals surface area contributed by atoms with Gasteiger partial charge >= 0.3 is 0 Å². The number of carbonyl (C=O) groups is 3. The first-order valence-electron chi connectivity index (χ1n) is 11.3. The summed E-state index contributed by atoms with van der Waals surface area (Å²) in [4.78, 5) is 46.8. The van der Waals surface area contributed by atoms with E-state index in [0.29, 0.717) is 12.4 Å². The lowest BCUT2D eigenvalue weighted by Crippen LogP contribution is -2.62. The van der Waals surface area contributed by atoms with Gasteiger partial charge in [-0.3, -0.25) is 14.4 Å². The zero-order valence-electron chi connectivity index (χ0n) is 18.7. The minimum Gasteiger partial charge on any atom is -0.352 e. The number of allylic oxidation sites excluding steroid dienone is 3. The monoisotopic (exact) mass is 434 g/mol. The van der Waals surface area contributed by atoms with Crippen molar-refractivity contribution in [3.05, 3.63) is 59.8 Å². The number of rotatable bonds is 6. The molecule has 1 saturated carbocycles. The van der Waals surface area contributed by atoms with Crippen LogP contribution in [0.2, 0.25) is 0 Å². The number of amidine groups is 1. The van der Waals surface area contributed by atoms with E-state index < -0.39 is 5.54 Å². The molecule has 1 aromatic rings. The summed E-state index contributed by atoms with van der Waals surface area (Å²) in [6, 6.07) is 9.79. The molecule has 3 amide bonds. The second-order valence-corrected chi connectivity index (χ2v) is 9.01. The Bertz CT molecular complexity index is 992. The molecule has 1 fully saturated rings. The zero-order valence-corrected chi connectivity index (χ0v) is 18.7. The van der Waals surface area contributed by atoms with Crippen molar-refractivity contribution in [3.8, 4) is 0 Å². The SMILES string of the molecule is CC1=CC=CC2=NC(=O)CC(C)(C(=O)N(CC(=O)NC3CCCC3)Cc3ccccc3)N12. The molecule has 168 valence electrons. The topological polar surface area (TPSA) is 82.1 Å². The quantitative estimate of drug-likeness (QED) is 0.746. The van der Waals surface area contributed by atoms with Crippen LogP contribution in [0.15, 0.2) is 59.2 Å². The molecule has 0 radical (unpaired) electrons. The van der Waals surface area contributed by atoms with E-state index in [1.807, 2.05) is 54.3 Å². The summed E-state index contributed by atoms with van der Waals surface area (Å²) in [6.07, 6.45) is 9.62. The van der Waals surface area contributed by atoms with Crippen LogP contribution >= 0.6 is 0 Å². The van der Waals surface area contributed by atoms with Crippen molar-refractivity contribution in [1.29, 1.82) is 0 Å². The van der Waals surface area contributed by atoms with Crippen molar-refractivity contribution in [2.24, 2.45) is 4.99 Å². The number of carbonyl (C=O) groups excluding carboxylic acids is 3. The van der Waals surface area contributed by atoms with Crippen molar-refractivity contribution in [3.63, 3.8) is 0 Å². The van der Waals surface area contributed by atoms with E-state index in [0.717, 1.165) is 36.9 Å². The molecule has 0 aromatic heterocycles. The number of amides is 3. The van der Waals surface area contributed by atoms with Crippen LogP contribution in [-0.4, -0.2) is 51.5 Å². The van der Waals surface area contributed by atoms with Crippen LogP contribution in [0.25, 0.3) is 0 Å². The van der Waals surface area contributed by atoms with E-state index in [9.17, 15) is 14.4 Å². The van der Waals surface area contributed by atoms with Crippen LogP contribution in [-0.2, 0) is 20.9 Å². The molecule has 2 aliphatic heterocycles. The van der Waals surface area contributed by atoms with Crippen molar-refractivity contribution in [2.45, 2.75) is 64.1 Å². The van der Waals surface area contributed by atoms with Crippen LogP contribution in [0, 0.1) is 0 Å². The fourth-order valence-corrected chi connectivity index (χ4v) is 4.91. The highest BCUT2D eigenvalue weighted by Crippen LogP contribution is 2.33. The molecule has 3 aliphatic rings. The lowest BCUT2D eigenvalue weighted by Gasteiger charge is -2.46. The van der Waals surface area contributed by atoms with Crippen LogP contribution in [0.1, 0.15) is 51.5 Å². The van der Waals surface area contributed by atoms with Gasteiger partial charge < -0.3 is 15.1 Å². The summed E-state index contributed by atoms with van der Waals surface area (Å²) >= 11 is 0. The normalized spacial score (nSPS) is 22.8. The molecule has 7 heteroatoms. The minimum absolute atomic E-state index is 0.0378. The van der Waals surface area contributed by atoms with Crippen LogP contribution in [0.4, 0.5) is 0 Å². The van der Waals surface area contributed by atoms with Gasteiger partial charge in [-0.1, -0.05) is 49.2 Å². The Morgan fingerprint density at radius 1 is 1.22 bits per heavy atom. The Balaban J connectivity index is 1.61. The van der Waals surface area contributed by atoms with Crippen LogP contribution in [0.5, 0.6) is 0 Å². The van der Waals surface area contributed by atoms with E-state index in [2.05, 4.69) is 10.3 Å². The molecule has 1 N–H and O–H groups in total. The summed E-state index contributed by atoms with van der Waals surface area (Å²) in [7, 11) is 0. The number of nitrogens with zero attached hydrogens (tertiary/aromatic N) is 3. The standard InChI is InChI=1S/C25H30N4O3/c1-18-9-8-14-21-27-22(30)15-25(2,29(18)21)24(32)28(16-19-10-4-3-5-11-19)17-23(31)26-20-12-6-7-13-20/h3-5,8-11,14,20H,6-7,12-13,15-17H2,1-2H3,(H,26,31). The molecule has 0 saturated heterocycles. The van der Waals surface area contributed by atoms with Gasteiger partial charge in [-0.25, -0.2) is 0 Å². The Kier molecular flexibility index (Phi) is 6.26. The van der Waals surface area contributed by atoms with Crippen molar-refractivity contribution in [2.75, 3.05) is 6.54 Å². The van der Waals surface area contributed by atoms with Gasteiger partial charge in [-0.05, 0) is 44.4 Å². The Morgan fingerprint density at radius 3 is 2.66 bits per heavy atom. The average Bonchev–Trinajstić information content (AvgIpc) is 3.26. The molecule has 32 heavy (non-hydrogen) atoms. The lowest BCUT2D eigenvalue weighted by atomic mass is 9.89. The molecular formula is C25H30N4O3. The highest BCUT2D eigenvalue weighted by atomic mass is 16.2. The molecule has 1 aliphatic carbocycles. The third-order valence-corrected chi connectivity index (χ3v) is 6.41. The molecule has 1 aromatic carbocycles. The Hall–Kier alpha value is -3.22. The number of hydrogen-bond donors (Lipinski definition) is 1. The predicted octanol–water partition coefficient (Wildman–Crippen LogP) is 2.94. The van der Waals surface area contributed by atoms with Gasteiger partial charge in [0.25, 0.3) is 5.91 Å². The highest BCUT2D eigenvalue weighted by molar-refractivity contribution is 6.10. The first-order chi connectivity index (χ1) is 15.4. The largest absolute Gasteiger partial charge is 0.352 e. The summed E-state index contributed by atoms with van der Waals surface area (Å²) < 4.78 is 0. The maximum atomic E-state index is 14.0. The third-order valence-electron chi connectivity index (χ3n) is 6.41. The average molecular weight is 435 g/mol. The first-order valence-corrected chi connectivity index (χ1v) is 11.3. The number of benzene rings is 1. The van der Waals surface area contributed by atoms with E-state index >= 15 is 0 Å². The molecule has 4 rings (SSSR count). The Morgan fingerprint density at radius 2 is 1.94 bits per heavy atom. The van der Waals surface area contributed by atoms with Gasteiger partial charge in [0.05, 0.1) is 13.0 Å². The van der Waals surface area contributed by atoms with E-state index in [1.165, 1.54) is 0 Å². The number of aliphatic imine (C=N–C) groups is 1. The second-order valence-electron chi connectivity index (χ2n) is 9.01. The van der Waals surface area contributed by atoms with E-state index in [1.54, 1.807) is 17.9 Å². The van der Waals surface area contributed by atoms with Crippen molar-refractivity contribution < 1.29 is 14.4 Å². The van der Waals surface area contributed by atoms with E-state index in [4.69, 9.17) is 0 Å². The van der Waals surface area contributed by atoms with Gasteiger partial charge in [-0.2, -0.15) is 4.99 Å². The fourth-order valence-electron chi connectivity index (χ4n) is 4.91. The summed E-state index contributed by atoms with van der Waals surface area (Å²) in [5.41, 5.74) is 0.617. The fraction of sp³-hybridized carbons (Fsp3) is 0.440. The van der Waals surface area contributed by atoms with Gasteiger partial charge in [0.1, 0.15) is 11.4 Å². The van der Waals surface area contributed by atoms with Crippen molar-refractivity contribution in [1.82, 2.24) is 15.1 Å². The van der Waals surface area contributed by atoms with E-state index in [-0.39, 0.29) is 36.7 Å². The molecule has 2 heterocycles. The molecule has 7 nitrogen and oxygen atoms in total. The summed E-state index contributed by atoms with van der Waals surface area (Å²) in [5, 5.41) is 3.08. The predicted molar refractivity (Wildman–Crippen MR) is 122 cm³/mol. The van der Waals surface area contributed by atoms with Crippen molar-refractivity contribution >= 4 is 23.6 Å². The Labute approximate surface area is 188 Å². The van der Waals surface area contributed by atoms with Gasteiger partial charge in [0, 0.05) is 18.3 Å². The second kappa shape index (κ2) is 9.10. The van der Waals surface area contributed by atoms with Gasteiger partial charge in [0.15, 0.2) is 0 Å². The lowest BCUT2D eigenvalue weighted by molar-refractivity contribution is -0.147. The van der Waals surface area contributed by atoms with Crippen LogP contribution in [0.3, 0.4) is 0 Å². The molecular weight excluding hydrogens is 404 g/mol. The maximum Gasteiger partial charge on any atom is 0.250 e. The third kappa shape index (κ3) is 4.52. The maximum absolute atomic E-state index is 14.0. The molecule has 1 atom stereocenters. The molecule has 1 unspecified atom stereocenters. The minimum atomic E-state index is -1.15.